The minimum Gasteiger partial charge on any atom is -0.354 e. The van der Waals surface area contributed by atoms with Crippen LogP contribution in [-0.4, -0.2) is 20.1 Å². The van der Waals surface area contributed by atoms with Crippen molar-refractivity contribution in [3.63, 3.8) is 0 Å². The molecule has 4 rings (SSSR count). The van der Waals surface area contributed by atoms with Crippen LogP contribution in [0.25, 0.3) is 22.5 Å². The first kappa shape index (κ1) is 15.5. The zero-order valence-electron chi connectivity index (χ0n) is 13.6. The number of hydrogen-bond acceptors (Lipinski definition) is 6. The van der Waals surface area contributed by atoms with Gasteiger partial charge in [0.1, 0.15) is 0 Å². The number of anilines is 2. The number of nitrogens with zero attached hydrogens (tertiary/aromatic N) is 4. The van der Waals surface area contributed by atoms with Gasteiger partial charge in [-0.15, -0.1) is 0 Å². The lowest BCUT2D eigenvalue weighted by Gasteiger charge is -2.13. The Kier molecular flexibility index (Phi) is 3.82. The van der Waals surface area contributed by atoms with Crippen molar-refractivity contribution in [2.75, 3.05) is 5.32 Å². The molecule has 3 heterocycles. The van der Waals surface area contributed by atoms with Gasteiger partial charge >= 0.3 is 0 Å². The van der Waals surface area contributed by atoms with Gasteiger partial charge in [0.2, 0.25) is 0 Å². The Bertz CT molecular complexity index is 1060. The van der Waals surface area contributed by atoms with Gasteiger partial charge in [-0.1, -0.05) is 16.8 Å². The van der Waals surface area contributed by atoms with Crippen molar-refractivity contribution in [2.45, 2.75) is 13.8 Å². The smallest absolute Gasteiger partial charge is 0.261 e. The molecule has 0 radical (unpaired) electrons. The van der Waals surface area contributed by atoms with E-state index >= 15 is 0 Å². The topological polar surface area (TPSA) is 76.7 Å². The van der Waals surface area contributed by atoms with Crippen LogP contribution in [-0.2, 0) is 0 Å². The largest absolute Gasteiger partial charge is 0.354 e. The minimum atomic E-state index is 0.406. The Labute approximate surface area is 148 Å². The molecule has 0 bridgehead atoms. The summed E-state index contributed by atoms with van der Waals surface area (Å²) >= 11 is 5.98. The molecule has 0 saturated carbocycles. The van der Waals surface area contributed by atoms with Crippen molar-refractivity contribution in [3.05, 3.63) is 59.1 Å². The molecule has 0 unspecified atom stereocenters. The van der Waals surface area contributed by atoms with Crippen LogP contribution >= 0.6 is 11.6 Å². The van der Waals surface area contributed by atoms with E-state index in [-0.39, 0.29) is 0 Å². The summed E-state index contributed by atoms with van der Waals surface area (Å²) in [6, 6.07) is 11.4. The molecule has 25 heavy (non-hydrogen) atoms. The maximum absolute atomic E-state index is 5.98. The average Bonchev–Trinajstić information content (AvgIpc) is 3.03. The van der Waals surface area contributed by atoms with Crippen LogP contribution in [0, 0.1) is 13.8 Å². The van der Waals surface area contributed by atoms with Gasteiger partial charge < -0.3 is 9.84 Å². The molecular formula is C18H14ClN5O. The molecule has 4 aromatic rings. The van der Waals surface area contributed by atoms with Crippen LogP contribution in [0.2, 0.25) is 5.02 Å². The van der Waals surface area contributed by atoms with Crippen LogP contribution in [0.15, 0.2) is 47.1 Å². The third-order valence-electron chi connectivity index (χ3n) is 3.74. The summed E-state index contributed by atoms with van der Waals surface area (Å²) in [6.45, 7) is 3.71. The normalized spacial score (nSPS) is 11.0. The highest BCUT2D eigenvalue weighted by molar-refractivity contribution is 6.30. The number of fused-ring (bicyclic) bond motifs is 1. The number of aromatic nitrogens is 4. The molecule has 0 aliphatic rings. The molecule has 0 spiro atoms. The summed E-state index contributed by atoms with van der Waals surface area (Å²) in [5.74, 6) is 0.971. The Balaban J connectivity index is 1.91. The lowest BCUT2D eigenvalue weighted by molar-refractivity contribution is 0.425. The van der Waals surface area contributed by atoms with Crippen LogP contribution < -0.4 is 5.32 Å². The zero-order chi connectivity index (χ0) is 17.4. The van der Waals surface area contributed by atoms with Crippen molar-refractivity contribution >= 4 is 34.0 Å². The second kappa shape index (κ2) is 6.14. The molecular weight excluding hydrogens is 338 g/mol. The van der Waals surface area contributed by atoms with E-state index in [2.05, 4.69) is 25.4 Å². The third kappa shape index (κ3) is 3.04. The lowest BCUT2D eigenvalue weighted by atomic mass is 10.1. The Hall–Kier alpha value is -2.99. The van der Waals surface area contributed by atoms with Gasteiger partial charge in [-0.05, 0) is 50.2 Å². The number of benzene rings is 1. The van der Waals surface area contributed by atoms with E-state index in [1.165, 1.54) is 0 Å². The lowest BCUT2D eigenvalue weighted by Crippen LogP contribution is -1.98. The number of nitrogens with one attached hydrogen (secondary N) is 1. The van der Waals surface area contributed by atoms with Gasteiger partial charge in [-0.25, -0.2) is 9.97 Å². The molecule has 1 aromatic carbocycles. The first-order chi connectivity index (χ1) is 12.1. The molecule has 6 nitrogen and oxygen atoms in total. The zero-order valence-corrected chi connectivity index (χ0v) is 14.4. The van der Waals surface area contributed by atoms with E-state index in [9.17, 15) is 0 Å². The van der Waals surface area contributed by atoms with Crippen LogP contribution in [0.3, 0.4) is 0 Å². The number of halogens is 1. The SMILES string of the molecule is Cc1ccc2c(Nc3ccc(Cl)cc3)c(-c3nc(C)no3)cnc2n1. The maximum Gasteiger partial charge on any atom is 0.261 e. The first-order valence-electron chi connectivity index (χ1n) is 7.70. The van der Waals surface area contributed by atoms with Crippen molar-refractivity contribution in [3.8, 4) is 11.5 Å². The van der Waals surface area contributed by atoms with Crippen LogP contribution in [0.5, 0.6) is 0 Å². The first-order valence-corrected chi connectivity index (χ1v) is 8.07. The summed E-state index contributed by atoms with van der Waals surface area (Å²) in [4.78, 5) is 13.3. The number of aryl methyl sites for hydroxylation is 2. The van der Waals surface area contributed by atoms with Gasteiger partial charge in [0.25, 0.3) is 5.89 Å². The molecule has 3 aromatic heterocycles. The molecule has 0 saturated heterocycles. The summed E-state index contributed by atoms with van der Waals surface area (Å²) in [6.07, 6.45) is 1.69. The summed E-state index contributed by atoms with van der Waals surface area (Å²) in [7, 11) is 0. The van der Waals surface area contributed by atoms with Crippen molar-refractivity contribution in [1.29, 1.82) is 0 Å². The molecule has 0 atom stereocenters. The number of pyridine rings is 2. The van der Waals surface area contributed by atoms with E-state index in [4.69, 9.17) is 16.1 Å². The minimum absolute atomic E-state index is 0.406. The van der Waals surface area contributed by atoms with Crippen LogP contribution in [0.1, 0.15) is 11.5 Å². The molecule has 0 fully saturated rings. The molecule has 0 aliphatic carbocycles. The highest BCUT2D eigenvalue weighted by Gasteiger charge is 2.17. The molecule has 124 valence electrons. The van der Waals surface area contributed by atoms with E-state index in [0.29, 0.717) is 27.9 Å². The molecule has 7 heteroatoms. The fraction of sp³-hybridized carbons (Fsp3) is 0.111. The summed E-state index contributed by atoms with van der Waals surface area (Å²) in [5.41, 5.74) is 3.96. The number of hydrogen-bond donors (Lipinski definition) is 1. The average molecular weight is 352 g/mol. The van der Waals surface area contributed by atoms with Gasteiger partial charge in [-0.2, -0.15) is 4.98 Å². The van der Waals surface area contributed by atoms with Gasteiger partial charge in [0.05, 0.1) is 11.3 Å². The van der Waals surface area contributed by atoms with Crippen molar-refractivity contribution < 1.29 is 4.52 Å². The standard InChI is InChI=1S/C18H14ClN5O/c1-10-3-8-14-16(23-13-6-4-12(19)5-7-13)15(9-20-17(14)21-10)18-22-11(2)24-25-18/h3-9H,1-2H3,(H,20,21,23). The summed E-state index contributed by atoms with van der Waals surface area (Å²) in [5, 5.41) is 8.82. The molecule has 1 N–H and O–H groups in total. The highest BCUT2D eigenvalue weighted by atomic mass is 35.5. The predicted octanol–water partition coefficient (Wildman–Crippen LogP) is 4.69. The van der Waals surface area contributed by atoms with E-state index in [0.717, 1.165) is 22.5 Å². The van der Waals surface area contributed by atoms with Crippen molar-refractivity contribution in [2.24, 2.45) is 0 Å². The van der Waals surface area contributed by atoms with E-state index < -0.39 is 0 Å². The quantitative estimate of drug-likeness (QED) is 0.576. The van der Waals surface area contributed by atoms with Gasteiger partial charge in [0.15, 0.2) is 11.5 Å². The molecule has 0 aliphatic heterocycles. The van der Waals surface area contributed by atoms with Gasteiger partial charge in [-0.3, -0.25) is 0 Å². The highest BCUT2D eigenvalue weighted by Crippen LogP contribution is 2.34. The second-order valence-electron chi connectivity index (χ2n) is 5.65. The third-order valence-corrected chi connectivity index (χ3v) is 3.99. The van der Waals surface area contributed by atoms with Gasteiger partial charge in [0, 0.05) is 28.0 Å². The predicted molar refractivity (Wildman–Crippen MR) is 97.0 cm³/mol. The fourth-order valence-corrected chi connectivity index (χ4v) is 2.68. The molecule has 0 amide bonds. The van der Waals surface area contributed by atoms with Crippen molar-refractivity contribution in [1.82, 2.24) is 20.1 Å². The fourth-order valence-electron chi connectivity index (χ4n) is 2.55. The van der Waals surface area contributed by atoms with E-state index in [1.54, 1.807) is 13.1 Å². The van der Waals surface area contributed by atoms with Crippen LogP contribution in [0.4, 0.5) is 11.4 Å². The monoisotopic (exact) mass is 351 g/mol. The Morgan fingerprint density at radius 3 is 2.52 bits per heavy atom. The van der Waals surface area contributed by atoms with E-state index in [1.807, 2.05) is 43.3 Å². The summed E-state index contributed by atoms with van der Waals surface area (Å²) < 4.78 is 5.34. The maximum atomic E-state index is 5.98. The Morgan fingerprint density at radius 1 is 1.00 bits per heavy atom. The second-order valence-corrected chi connectivity index (χ2v) is 6.09. The number of rotatable bonds is 3. The Morgan fingerprint density at radius 2 is 1.80 bits per heavy atom.